The lowest BCUT2D eigenvalue weighted by molar-refractivity contribution is 0.469. The maximum absolute atomic E-state index is 6.16. The first-order valence-electron chi connectivity index (χ1n) is 7.15. The van der Waals surface area contributed by atoms with E-state index in [1.807, 2.05) is 0 Å². The first kappa shape index (κ1) is 15.1. The molecule has 110 valence electrons. The highest BCUT2D eigenvalue weighted by Crippen LogP contribution is 2.32. The third kappa shape index (κ3) is 3.17. The average molecular weight is 411 g/mol. The zero-order valence-electron chi connectivity index (χ0n) is 12.2. The van der Waals surface area contributed by atoms with Crippen LogP contribution in [-0.2, 0) is 0 Å². The van der Waals surface area contributed by atoms with Gasteiger partial charge in [0.2, 0.25) is 0 Å². The summed E-state index contributed by atoms with van der Waals surface area (Å²) in [7, 11) is 0. The molecule has 2 aromatic heterocycles. The molecule has 0 spiro atoms. The molecule has 0 aliphatic rings. The normalized spacial score (nSPS) is 12.9. The van der Waals surface area contributed by atoms with Crippen LogP contribution in [0.2, 0.25) is 0 Å². The number of fused-ring (bicyclic) bond motifs is 1. The highest BCUT2D eigenvalue weighted by molar-refractivity contribution is 14.1. The zero-order valence-corrected chi connectivity index (χ0v) is 15.1. The molecule has 0 bridgehead atoms. The number of hydrogen-bond donors (Lipinski definition) is 1. The van der Waals surface area contributed by atoms with E-state index in [9.17, 15) is 0 Å². The van der Waals surface area contributed by atoms with Crippen molar-refractivity contribution >= 4 is 44.9 Å². The van der Waals surface area contributed by atoms with Crippen LogP contribution in [0.5, 0.6) is 0 Å². The quantitative estimate of drug-likeness (QED) is 0.562. The van der Waals surface area contributed by atoms with Crippen LogP contribution in [-0.4, -0.2) is 6.54 Å². The van der Waals surface area contributed by atoms with Gasteiger partial charge in [0, 0.05) is 5.39 Å². The van der Waals surface area contributed by atoms with Crippen molar-refractivity contribution in [2.24, 2.45) is 0 Å². The minimum atomic E-state index is 0.136. The Kier molecular flexibility index (Phi) is 4.66. The second-order valence-electron chi connectivity index (χ2n) is 5.21. The van der Waals surface area contributed by atoms with Crippen LogP contribution in [0.3, 0.4) is 0 Å². The molecule has 3 aromatic rings. The van der Waals surface area contributed by atoms with Crippen molar-refractivity contribution in [3.8, 4) is 0 Å². The Labute approximate surface area is 142 Å². The largest absolute Gasteiger partial charge is 0.459 e. The molecular formula is C17H18INOS. The second-order valence-corrected chi connectivity index (χ2v) is 8.02. The van der Waals surface area contributed by atoms with Gasteiger partial charge in [0.25, 0.3) is 0 Å². The number of para-hydroxylation sites is 1. The van der Waals surface area contributed by atoms with E-state index in [1.54, 1.807) is 11.3 Å². The van der Waals surface area contributed by atoms with E-state index in [0.29, 0.717) is 0 Å². The summed E-state index contributed by atoms with van der Waals surface area (Å²) in [4.78, 5) is 0. The maximum Gasteiger partial charge on any atom is 0.137 e. The SMILES string of the molecule is CCCNC(c1csc(I)c1)c1cc2cccc(C)c2o1. The first-order chi connectivity index (χ1) is 10.2. The fourth-order valence-electron chi connectivity index (χ4n) is 2.52. The Hall–Kier alpha value is -0.850. The highest BCUT2D eigenvalue weighted by atomic mass is 127. The molecule has 4 heteroatoms. The Morgan fingerprint density at radius 2 is 2.19 bits per heavy atom. The second kappa shape index (κ2) is 6.50. The summed E-state index contributed by atoms with van der Waals surface area (Å²) in [6.07, 6.45) is 1.11. The summed E-state index contributed by atoms with van der Waals surface area (Å²) in [6, 6.07) is 10.8. The summed E-state index contributed by atoms with van der Waals surface area (Å²) in [5.74, 6) is 1.00. The van der Waals surface area contributed by atoms with Gasteiger partial charge in [-0.25, -0.2) is 0 Å². The summed E-state index contributed by atoms with van der Waals surface area (Å²) in [5.41, 5.74) is 3.48. The number of nitrogens with one attached hydrogen (secondary N) is 1. The van der Waals surface area contributed by atoms with Crippen LogP contribution in [0.4, 0.5) is 0 Å². The molecule has 0 saturated carbocycles. The molecule has 0 aliphatic carbocycles. The lowest BCUT2D eigenvalue weighted by atomic mass is 10.1. The maximum atomic E-state index is 6.16. The molecule has 0 amide bonds. The number of halogens is 1. The number of aryl methyl sites for hydroxylation is 1. The van der Waals surface area contributed by atoms with Gasteiger partial charge >= 0.3 is 0 Å². The number of thiophene rings is 1. The Morgan fingerprint density at radius 1 is 1.33 bits per heavy atom. The fraction of sp³-hybridized carbons (Fsp3) is 0.294. The molecule has 1 atom stereocenters. The minimum absolute atomic E-state index is 0.136. The third-order valence-corrected chi connectivity index (χ3v) is 5.37. The van der Waals surface area contributed by atoms with E-state index in [0.717, 1.165) is 24.3 Å². The zero-order chi connectivity index (χ0) is 14.8. The van der Waals surface area contributed by atoms with Crippen LogP contribution < -0.4 is 5.32 Å². The van der Waals surface area contributed by atoms with Gasteiger partial charge in [-0.3, -0.25) is 0 Å². The van der Waals surface area contributed by atoms with Crippen molar-refractivity contribution in [2.45, 2.75) is 26.3 Å². The van der Waals surface area contributed by atoms with Crippen molar-refractivity contribution < 1.29 is 4.42 Å². The molecule has 2 nitrogen and oxygen atoms in total. The van der Waals surface area contributed by atoms with Crippen molar-refractivity contribution in [2.75, 3.05) is 6.54 Å². The number of benzene rings is 1. The van der Waals surface area contributed by atoms with Gasteiger partial charge in [-0.1, -0.05) is 25.1 Å². The lowest BCUT2D eigenvalue weighted by Gasteiger charge is -2.14. The van der Waals surface area contributed by atoms with Crippen molar-refractivity contribution in [3.63, 3.8) is 0 Å². The van der Waals surface area contributed by atoms with E-state index >= 15 is 0 Å². The van der Waals surface area contributed by atoms with Gasteiger partial charge < -0.3 is 9.73 Å². The van der Waals surface area contributed by atoms with Gasteiger partial charge in [-0.05, 0) is 71.1 Å². The average Bonchev–Trinajstić information content (AvgIpc) is 3.07. The minimum Gasteiger partial charge on any atom is -0.459 e. The summed E-state index contributed by atoms with van der Waals surface area (Å²) in [6.45, 7) is 5.26. The molecule has 2 heterocycles. The number of rotatable bonds is 5. The third-order valence-electron chi connectivity index (χ3n) is 3.56. The molecule has 21 heavy (non-hydrogen) atoms. The van der Waals surface area contributed by atoms with Crippen LogP contribution in [0.25, 0.3) is 11.0 Å². The summed E-state index contributed by atoms with van der Waals surface area (Å²) in [5, 5.41) is 7.00. The van der Waals surface area contributed by atoms with Gasteiger partial charge in [-0.15, -0.1) is 11.3 Å². The number of furan rings is 1. The van der Waals surface area contributed by atoms with E-state index in [4.69, 9.17) is 4.42 Å². The molecule has 0 aliphatic heterocycles. The lowest BCUT2D eigenvalue weighted by Crippen LogP contribution is -2.22. The topological polar surface area (TPSA) is 25.2 Å². The molecule has 1 N–H and O–H groups in total. The fourth-order valence-corrected chi connectivity index (χ4v) is 3.92. The molecule has 3 rings (SSSR count). The van der Waals surface area contributed by atoms with Crippen LogP contribution in [0.15, 0.2) is 40.1 Å². The smallest absolute Gasteiger partial charge is 0.137 e. The first-order valence-corrected chi connectivity index (χ1v) is 9.11. The molecule has 1 aromatic carbocycles. The van der Waals surface area contributed by atoms with Crippen molar-refractivity contribution in [1.82, 2.24) is 5.32 Å². The highest BCUT2D eigenvalue weighted by Gasteiger charge is 2.19. The molecular weight excluding hydrogens is 393 g/mol. The molecule has 0 radical (unpaired) electrons. The predicted octanol–water partition coefficient (Wildman–Crippen LogP) is 5.50. The molecule has 0 fully saturated rings. The van der Waals surface area contributed by atoms with Gasteiger partial charge in [0.15, 0.2) is 0 Å². The van der Waals surface area contributed by atoms with E-state index < -0.39 is 0 Å². The van der Waals surface area contributed by atoms with E-state index in [-0.39, 0.29) is 6.04 Å². The van der Waals surface area contributed by atoms with E-state index in [1.165, 1.54) is 19.4 Å². The Balaban J connectivity index is 2.03. The van der Waals surface area contributed by atoms with E-state index in [2.05, 4.69) is 77.5 Å². The summed E-state index contributed by atoms with van der Waals surface area (Å²) < 4.78 is 7.47. The van der Waals surface area contributed by atoms with Crippen LogP contribution >= 0.6 is 33.9 Å². The van der Waals surface area contributed by atoms with Gasteiger partial charge in [0.05, 0.1) is 8.93 Å². The van der Waals surface area contributed by atoms with Crippen molar-refractivity contribution in [3.05, 3.63) is 55.5 Å². The van der Waals surface area contributed by atoms with Gasteiger partial charge in [0.1, 0.15) is 11.3 Å². The molecule has 1 unspecified atom stereocenters. The van der Waals surface area contributed by atoms with Gasteiger partial charge in [-0.2, -0.15) is 0 Å². The predicted molar refractivity (Wildman–Crippen MR) is 98.1 cm³/mol. The van der Waals surface area contributed by atoms with Crippen LogP contribution in [0.1, 0.15) is 36.3 Å². The standard InChI is InChI=1S/C17H18INOS/c1-3-7-19-16(13-9-15(18)21-10-13)14-8-12-6-4-5-11(2)17(12)20-14/h4-6,8-10,16,19H,3,7H2,1-2H3. The number of hydrogen-bond acceptors (Lipinski definition) is 3. The monoisotopic (exact) mass is 411 g/mol. The molecule has 0 saturated heterocycles. The summed E-state index contributed by atoms with van der Waals surface area (Å²) >= 11 is 4.15. The Morgan fingerprint density at radius 3 is 2.86 bits per heavy atom. The van der Waals surface area contributed by atoms with Crippen LogP contribution in [0, 0.1) is 9.81 Å². The Bertz CT molecular complexity index is 746. The van der Waals surface area contributed by atoms with Crippen molar-refractivity contribution in [1.29, 1.82) is 0 Å².